The molecule has 0 bridgehead atoms. The van der Waals surface area contributed by atoms with Gasteiger partial charge in [0.2, 0.25) is 23.2 Å². The molecule has 4 aliphatic heterocycles. The van der Waals surface area contributed by atoms with Crippen LogP contribution in [0, 0.1) is 0 Å². The van der Waals surface area contributed by atoms with Gasteiger partial charge in [0.05, 0.1) is 19.6 Å². The highest BCUT2D eigenvalue weighted by Gasteiger charge is 2.43. The number of ether oxygens (including phenoxy) is 1. The third-order valence-corrected chi connectivity index (χ3v) is 5.54. The molecule has 0 aliphatic carbocycles. The molecule has 0 radical (unpaired) electrons. The normalized spacial score (nSPS) is 24.7. The number of rotatable bonds is 1. The van der Waals surface area contributed by atoms with Crippen LogP contribution in [0.1, 0.15) is 28.8 Å². The zero-order valence-corrected chi connectivity index (χ0v) is 14.2. The molecule has 8 heteroatoms. The standard InChI is InChI=1S/C18H18N4O4/c23-15-4-3-14(17(24)20-15)22-8-12-11(18(22)25)1-2-13-16(12)26-9-10-7-19-5-6-21(10)13/h1-2,14,19H,3-9H2/p+1/t14-/m0/s1. The lowest BCUT2D eigenvalue weighted by Gasteiger charge is -2.29. The second-order valence-electron chi connectivity index (χ2n) is 7.02. The smallest absolute Gasteiger partial charge is 0.255 e. The van der Waals surface area contributed by atoms with Crippen molar-refractivity contribution in [3.8, 4) is 5.75 Å². The molecule has 0 spiro atoms. The quantitative estimate of drug-likeness (QED) is 0.525. The van der Waals surface area contributed by atoms with Gasteiger partial charge in [-0.3, -0.25) is 19.7 Å². The summed E-state index contributed by atoms with van der Waals surface area (Å²) in [5.41, 5.74) is 3.61. The number of nitrogens with zero attached hydrogens (tertiary/aromatic N) is 2. The van der Waals surface area contributed by atoms with Crippen molar-refractivity contribution in [3.05, 3.63) is 23.3 Å². The predicted molar refractivity (Wildman–Crippen MR) is 90.6 cm³/mol. The Morgan fingerprint density at radius 2 is 2.12 bits per heavy atom. The van der Waals surface area contributed by atoms with Crippen molar-refractivity contribution < 1.29 is 23.7 Å². The number of hydrogen-bond acceptors (Lipinski definition) is 5. The number of benzene rings is 1. The SMILES string of the molecule is O=C1CC[C@H](N2Cc3c(ccc4c3OCC3=[N+]4CCNC3)C2=O)C(=O)N1. The van der Waals surface area contributed by atoms with Crippen LogP contribution in [0.5, 0.6) is 5.75 Å². The molecule has 1 saturated heterocycles. The summed E-state index contributed by atoms with van der Waals surface area (Å²) in [7, 11) is 0. The first-order chi connectivity index (χ1) is 12.6. The maximum Gasteiger partial charge on any atom is 0.255 e. The summed E-state index contributed by atoms with van der Waals surface area (Å²) in [6, 6.07) is 3.16. The van der Waals surface area contributed by atoms with Crippen molar-refractivity contribution in [2.45, 2.75) is 25.4 Å². The van der Waals surface area contributed by atoms with Gasteiger partial charge >= 0.3 is 0 Å². The number of carbonyl (C=O) groups excluding carboxylic acids is 3. The third-order valence-electron chi connectivity index (χ3n) is 5.54. The van der Waals surface area contributed by atoms with Gasteiger partial charge in [-0.15, -0.1) is 0 Å². The average Bonchev–Trinajstić information content (AvgIpc) is 2.98. The van der Waals surface area contributed by atoms with Crippen LogP contribution >= 0.6 is 0 Å². The summed E-state index contributed by atoms with van der Waals surface area (Å²) in [5, 5.41) is 5.67. The van der Waals surface area contributed by atoms with Crippen molar-refractivity contribution in [1.82, 2.24) is 15.5 Å². The van der Waals surface area contributed by atoms with E-state index in [0.29, 0.717) is 25.1 Å². The minimum atomic E-state index is -0.604. The van der Waals surface area contributed by atoms with Crippen molar-refractivity contribution >= 4 is 29.1 Å². The predicted octanol–water partition coefficient (Wildman–Crippen LogP) is -0.472. The molecule has 134 valence electrons. The maximum atomic E-state index is 12.9. The van der Waals surface area contributed by atoms with Crippen LogP contribution in [-0.4, -0.2) is 65.2 Å². The molecule has 26 heavy (non-hydrogen) atoms. The summed E-state index contributed by atoms with van der Waals surface area (Å²) in [6.07, 6.45) is 0.618. The van der Waals surface area contributed by atoms with Crippen LogP contribution in [0.3, 0.4) is 0 Å². The number of amides is 3. The first-order valence-corrected chi connectivity index (χ1v) is 8.90. The molecule has 4 aliphatic rings. The minimum Gasteiger partial charge on any atom is -0.476 e. The Labute approximate surface area is 149 Å². The summed E-state index contributed by atoms with van der Waals surface area (Å²) in [4.78, 5) is 38.0. The zero-order valence-electron chi connectivity index (χ0n) is 14.2. The summed E-state index contributed by atoms with van der Waals surface area (Å²) in [5.74, 6) is -0.0971. The molecule has 1 atom stereocenters. The van der Waals surface area contributed by atoms with Crippen LogP contribution < -0.4 is 15.4 Å². The van der Waals surface area contributed by atoms with Gasteiger partial charge in [-0.05, 0) is 12.5 Å². The Kier molecular flexibility index (Phi) is 3.36. The van der Waals surface area contributed by atoms with Crippen molar-refractivity contribution in [3.63, 3.8) is 0 Å². The Balaban J connectivity index is 1.51. The maximum absolute atomic E-state index is 12.9. The summed E-state index contributed by atoms with van der Waals surface area (Å²) < 4.78 is 8.27. The largest absolute Gasteiger partial charge is 0.476 e. The molecule has 0 unspecified atom stereocenters. The van der Waals surface area contributed by atoms with E-state index < -0.39 is 11.9 Å². The highest BCUT2D eigenvalue weighted by atomic mass is 16.5. The van der Waals surface area contributed by atoms with Crippen LogP contribution in [0.15, 0.2) is 12.1 Å². The highest BCUT2D eigenvalue weighted by molar-refractivity contribution is 6.06. The van der Waals surface area contributed by atoms with E-state index in [4.69, 9.17) is 4.74 Å². The first kappa shape index (κ1) is 15.5. The van der Waals surface area contributed by atoms with Crippen molar-refractivity contribution in [2.75, 3.05) is 26.2 Å². The van der Waals surface area contributed by atoms with E-state index in [9.17, 15) is 14.4 Å². The molecule has 1 aromatic carbocycles. The van der Waals surface area contributed by atoms with Gasteiger partial charge in [0.25, 0.3) is 5.91 Å². The van der Waals surface area contributed by atoms with Crippen molar-refractivity contribution in [1.29, 1.82) is 0 Å². The molecule has 1 fully saturated rings. The van der Waals surface area contributed by atoms with E-state index in [1.807, 2.05) is 12.1 Å². The van der Waals surface area contributed by atoms with E-state index in [1.165, 1.54) is 5.71 Å². The van der Waals surface area contributed by atoms with E-state index in [1.54, 1.807) is 4.90 Å². The molecule has 3 amide bonds. The fourth-order valence-electron chi connectivity index (χ4n) is 4.23. The Hall–Kier alpha value is -2.74. The number of fused-ring (bicyclic) bond motifs is 4. The zero-order chi connectivity index (χ0) is 17.8. The third kappa shape index (κ3) is 2.18. The van der Waals surface area contributed by atoms with Gasteiger partial charge in [-0.2, -0.15) is 4.58 Å². The van der Waals surface area contributed by atoms with Crippen LogP contribution in [0.4, 0.5) is 5.69 Å². The fourth-order valence-corrected chi connectivity index (χ4v) is 4.23. The number of piperidine rings is 1. The number of hydrogen-bond donors (Lipinski definition) is 2. The molecule has 5 rings (SSSR count). The molecule has 4 heterocycles. The second kappa shape index (κ2) is 5.63. The second-order valence-corrected chi connectivity index (χ2v) is 7.02. The lowest BCUT2D eigenvalue weighted by atomic mass is 10.0. The van der Waals surface area contributed by atoms with E-state index in [-0.39, 0.29) is 18.2 Å². The lowest BCUT2D eigenvalue weighted by molar-refractivity contribution is -0.449. The van der Waals surface area contributed by atoms with Gasteiger partial charge in [-0.25, -0.2) is 0 Å². The van der Waals surface area contributed by atoms with Crippen molar-refractivity contribution in [2.24, 2.45) is 0 Å². The molecule has 0 aromatic heterocycles. The van der Waals surface area contributed by atoms with Gasteiger partial charge in [0.1, 0.15) is 6.04 Å². The van der Waals surface area contributed by atoms with Crippen LogP contribution in [-0.2, 0) is 16.1 Å². The van der Waals surface area contributed by atoms with Crippen LogP contribution in [0.25, 0.3) is 0 Å². The average molecular weight is 355 g/mol. The lowest BCUT2D eigenvalue weighted by Crippen LogP contribution is -2.52. The molecule has 8 nitrogen and oxygen atoms in total. The Morgan fingerprint density at radius 3 is 2.96 bits per heavy atom. The summed E-state index contributed by atoms with van der Waals surface area (Å²) in [6.45, 7) is 3.42. The van der Waals surface area contributed by atoms with E-state index >= 15 is 0 Å². The topological polar surface area (TPSA) is 90.8 Å². The molecule has 1 aromatic rings. The molecular formula is C18H19N4O4+. The Morgan fingerprint density at radius 1 is 1.23 bits per heavy atom. The van der Waals surface area contributed by atoms with Crippen LogP contribution in [0.2, 0.25) is 0 Å². The first-order valence-electron chi connectivity index (χ1n) is 8.90. The van der Waals surface area contributed by atoms with E-state index in [0.717, 1.165) is 36.6 Å². The molecular weight excluding hydrogens is 336 g/mol. The molecule has 0 saturated carbocycles. The van der Waals surface area contributed by atoms with Gasteiger partial charge in [-0.1, -0.05) is 0 Å². The monoisotopic (exact) mass is 355 g/mol. The van der Waals surface area contributed by atoms with E-state index in [2.05, 4.69) is 15.2 Å². The Bertz CT molecular complexity index is 891. The fraction of sp³-hybridized carbons (Fsp3) is 0.444. The van der Waals surface area contributed by atoms with Gasteiger partial charge in [0.15, 0.2) is 18.9 Å². The summed E-state index contributed by atoms with van der Waals surface area (Å²) >= 11 is 0. The van der Waals surface area contributed by atoms with Gasteiger partial charge < -0.3 is 15.0 Å². The van der Waals surface area contributed by atoms with Gasteiger partial charge in [0, 0.05) is 23.6 Å². The molecule has 2 N–H and O–H groups in total. The highest BCUT2D eigenvalue weighted by Crippen LogP contribution is 2.41. The number of nitrogens with one attached hydrogen (secondary N) is 2. The number of carbonyl (C=O) groups is 3. The minimum absolute atomic E-state index is 0.170. The number of imide groups is 1.